The van der Waals surface area contributed by atoms with Crippen LogP contribution in [-0.4, -0.2) is 11.1 Å². The predicted octanol–water partition coefficient (Wildman–Crippen LogP) is 6.07. The second-order valence-electron chi connectivity index (χ2n) is 8.64. The van der Waals surface area contributed by atoms with Gasteiger partial charge < -0.3 is 5.11 Å². The minimum absolute atomic E-state index is 0.141. The summed E-state index contributed by atoms with van der Waals surface area (Å²) in [5, 5.41) is 9.61. The van der Waals surface area contributed by atoms with Crippen molar-refractivity contribution >= 4 is 5.97 Å². The average Bonchev–Trinajstić information content (AvgIpc) is 2.93. The normalized spacial score (nSPS) is 37.2. The van der Waals surface area contributed by atoms with Gasteiger partial charge >= 0.3 is 5.97 Å². The summed E-state index contributed by atoms with van der Waals surface area (Å²) >= 11 is 0. The highest BCUT2D eigenvalue weighted by molar-refractivity contribution is 5.86. The van der Waals surface area contributed by atoms with Crippen LogP contribution in [0.15, 0.2) is 53.6 Å². The molecule has 0 bridgehead atoms. The minimum atomic E-state index is -0.800. The standard InChI is InChI=1S/C24H32O2/c1-6-24(14-18(5)23(25)26)20(19-10-8-7-9-11-19)13-16(3)21-15(2)12-17(4)22(21)24/h7-11,13-15,17,20-22H,6,12H2,1-5H3,(H,25,26)/b18-14+/t15-,17-,20+,21+,22-,24+/m1/s1. The van der Waals surface area contributed by atoms with Crippen LogP contribution in [0.4, 0.5) is 0 Å². The number of hydrogen-bond donors (Lipinski definition) is 1. The molecule has 1 N–H and O–H groups in total. The minimum Gasteiger partial charge on any atom is -0.478 e. The van der Waals surface area contributed by atoms with Crippen LogP contribution in [-0.2, 0) is 4.79 Å². The van der Waals surface area contributed by atoms with E-state index in [2.05, 4.69) is 70.2 Å². The largest absolute Gasteiger partial charge is 0.478 e. The lowest BCUT2D eigenvalue weighted by Gasteiger charge is -2.51. The molecule has 2 aliphatic carbocycles. The van der Waals surface area contributed by atoms with Crippen LogP contribution in [0.2, 0.25) is 0 Å². The van der Waals surface area contributed by atoms with Crippen LogP contribution in [0.25, 0.3) is 0 Å². The van der Waals surface area contributed by atoms with Gasteiger partial charge in [0.15, 0.2) is 0 Å². The van der Waals surface area contributed by atoms with Gasteiger partial charge in [0, 0.05) is 16.9 Å². The molecule has 0 amide bonds. The number of benzene rings is 1. The Morgan fingerprint density at radius 1 is 1.23 bits per heavy atom. The summed E-state index contributed by atoms with van der Waals surface area (Å²) in [6, 6.07) is 10.6. The summed E-state index contributed by atoms with van der Waals surface area (Å²) in [5.41, 5.74) is 3.13. The lowest BCUT2D eigenvalue weighted by molar-refractivity contribution is -0.132. The monoisotopic (exact) mass is 352 g/mol. The number of rotatable bonds is 4. The van der Waals surface area contributed by atoms with Crippen molar-refractivity contribution in [3.8, 4) is 0 Å². The molecule has 0 aliphatic heterocycles. The molecule has 2 heteroatoms. The number of carboxylic acids is 1. The molecule has 1 fully saturated rings. The van der Waals surface area contributed by atoms with Gasteiger partial charge in [-0.2, -0.15) is 0 Å². The molecule has 0 spiro atoms. The van der Waals surface area contributed by atoms with Gasteiger partial charge in [0.05, 0.1) is 0 Å². The Bertz CT molecular complexity index is 730. The van der Waals surface area contributed by atoms with Crippen molar-refractivity contribution in [3.05, 3.63) is 59.2 Å². The van der Waals surface area contributed by atoms with E-state index in [0.717, 1.165) is 6.42 Å². The summed E-state index contributed by atoms with van der Waals surface area (Å²) in [6.07, 6.45) is 6.74. The molecule has 0 saturated heterocycles. The van der Waals surface area contributed by atoms with E-state index in [-0.39, 0.29) is 11.3 Å². The predicted molar refractivity (Wildman–Crippen MR) is 107 cm³/mol. The number of allylic oxidation sites excluding steroid dienone is 3. The molecule has 2 nitrogen and oxygen atoms in total. The molecule has 0 radical (unpaired) electrons. The summed E-state index contributed by atoms with van der Waals surface area (Å²) < 4.78 is 0. The Morgan fingerprint density at radius 2 is 1.88 bits per heavy atom. The Balaban J connectivity index is 2.25. The van der Waals surface area contributed by atoms with Crippen molar-refractivity contribution in [2.24, 2.45) is 29.1 Å². The van der Waals surface area contributed by atoms with Gasteiger partial charge in [-0.25, -0.2) is 4.79 Å². The molecule has 1 saturated carbocycles. The Kier molecular flexibility index (Phi) is 5.14. The number of carboxylic acid groups (broad SMARTS) is 1. The van der Waals surface area contributed by atoms with Gasteiger partial charge in [-0.3, -0.25) is 0 Å². The van der Waals surface area contributed by atoms with Gasteiger partial charge in [-0.05, 0) is 55.9 Å². The highest BCUT2D eigenvalue weighted by Crippen LogP contribution is 2.63. The lowest BCUT2D eigenvalue weighted by atomic mass is 9.53. The molecular formula is C24H32O2. The topological polar surface area (TPSA) is 37.3 Å². The maximum Gasteiger partial charge on any atom is 0.330 e. The van der Waals surface area contributed by atoms with E-state index < -0.39 is 5.97 Å². The molecule has 0 unspecified atom stereocenters. The summed E-state index contributed by atoms with van der Waals surface area (Å²) in [5.74, 6) is 1.74. The molecule has 1 aromatic carbocycles. The van der Waals surface area contributed by atoms with Crippen molar-refractivity contribution in [1.82, 2.24) is 0 Å². The van der Waals surface area contributed by atoms with Gasteiger partial charge in [0.1, 0.15) is 0 Å². The van der Waals surface area contributed by atoms with E-state index in [0.29, 0.717) is 29.2 Å². The number of carbonyl (C=O) groups is 1. The number of fused-ring (bicyclic) bond motifs is 1. The fraction of sp³-hybridized carbons (Fsp3) is 0.542. The van der Waals surface area contributed by atoms with Gasteiger partial charge in [-0.1, -0.05) is 68.8 Å². The van der Waals surface area contributed by atoms with Crippen LogP contribution in [0, 0.1) is 29.1 Å². The van der Waals surface area contributed by atoms with E-state index in [1.807, 2.05) is 0 Å². The first-order valence-corrected chi connectivity index (χ1v) is 9.97. The van der Waals surface area contributed by atoms with E-state index in [4.69, 9.17) is 0 Å². The third-order valence-corrected chi connectivity index (χ3v) is 7.11. The second-order valence-corrected chi connectivity index (χ2v) is 8.64. The molecular weight excluding hydrogens is 320 g/mol. The molecule has 140 valence electrons. The Labute approximate surface area is 158 Å². The quantitative estimate of drug-likeness (QED) is 0.528. The van der Waals surface area contributed by atoms with E-state index >= 15 is 0 Å². The number of hydrogen-bond acceptors (Lipinski definition) is 1. The van der Waals surface area contributed by atoms with Crippen molar-refractivity contribution in [2.45, 2.75) is 53.4 Å². The van der Waals surface area contributed by atoms with E-state index in [9.17, 15) is 9.90 Å². The van der Waals surface area contributed by atoms with Crippen molar-refractivity contribution in [1.29, 1.82) is 0 Å². The molecule has 2 aliphatic rings. The maximum absolute atomic E-state index is 11.7. The van der Waals surface area contributed by atoms with Crippen molar-refractivity contribution in [3.63, 3.8) is 0 Å². The van der Waals surface area contributed by atoms with Crippen LogP contribution in [0.1, 0.15) is 58.9 Å². The third-order valence-electron chi connectivity index (χ3n) is 7.11. The number of aliphatic carboxylic acids is 1. The first-order chi connectivity index (χ1) is 12.3. The Hall–Kier alpha value is -1.83. The van der Waals surface area contributed by atoms with Crippen LogP contribution >= 0.6 is 0 Å². The molecule has 0 heterocycles. The summed E-state index contributed by atoms with van der Waals surface area (Å²) in [6.45, 7) is 11.0. The molecule has 3 rings (SSSR count). The highest BCUT2D eigenvalue weighted by Gasteiger charge is 2.55. The highest BCUT2D eigenvalue weighted by atomic mass is 16.4. The zero-order valence-corrected chi connectivity index (χ0v) is 16.7. The van der Waals surface area contributed by atoms with Crippen LogP contribution in [0.3, 0.4) is 0 Å². The summed E-state index contributed by atoms with van der Waals surface area (Å²) in [7, 11) is 0. The molecule has 0 aromatic heterocycles. The lowest BCUT2D eigenvalue weighted by Crippen LogP contribution is -2.43. The van der Waals surface area contributed by atoms with Crippen molar-refractivity contribution < 1.29 is 9.90 Å². The first-order valence-electron chi connectivity index (χ1n) is 9.97. The second kappa shape index (κ2) is 7.06. The zero-order valence-electron chi connectivity index (χ0n) is 16.7. The third kappa shape index (κ3) is 2.94. The van der Waals surface area contributed by atoms with Crippen LogP contribution < -0.4 is 0 Å². The molecule has 26 heavy (non-hydrogen) atoms. The molecule has 6 atom stereocenters. The first kappa shape index (κ1) is 18.9. The maximum atomic E-state index is 11.7. The molecule has 1 aromatic rings. The van der Waals surface area contributed by atoms with Gasteiger partial charge in [0.2, 0.25) is 0 Å². The smallest absolute Gasteiger partial charge is 0.330 e. The van der Waals surface area contributed by atoms with E-state index in [1.54, 1.807) is 6.92 Å². The fourth-order valence-electron chi connectivity index (χ4n) is 6.20. The SMILES string of the molecule is CC[C@@]1(/C=C(\C)C(=O)O)[C@H]2[C@H](C(C)=C[C@H]1c1ccccc1)[C@H](C)C[C@H]2C. The zero-order chi connectivity index (χ0) is 19.1. The van der Waals surface area contributed by atoms with E-state index in [1.165, 1.54) is 17.6 Å². The van der Waals surface area contributed by atoms with Crippen molar-refractivity contribution in [2.75, 3.05) is 0 Å². The van der Waals surface area contributed by atoms with Gasteiger partial charge in [0.25, 0.3) is 0 Å². The Morgan fingerprint density at radius 3 is 2.46 bits per heavy atom. The fourth-order valence-corrected chi connectivity index (χ4v) is 6.20. The summed E-state index contributed by atoms with van der Waals surface area (Å²) in [4.78, 5) is 11.7. The average molecular weight is 353 g/mol. The van der Waals surface area contributed by atoms with Gasteiger partial charge in [-0.15, -0.1) is 0 Å². The van der Waals surface area contributed by atoms with Crippen LogP contribution in [0.5, 0.6) is 0 Å².